The monoisotopic (exact) mass is 338 g/mol. The lowest BCUT2D eigenvalue weighted by molar-refractivity contribution is 0.397. The van der Waals surface area contributed by atoms with Crippen molar-refractivity contribution >= 4 is 17.5 Å². The number of nitrogens with zero attached hydrogens (tertiary/aromatic N) is 4. The Hall–Kier alpha value is -2.68. The molecular weight excluding hydrogens is 316 g/mol. The molecule has 25 heavy (non-hydrogen) atoms. The Bertz CT molecular complexity index is 754. The lowest BCUT2D eigenvalue weighted by Gasteiger charge is -2.30. The van der Waals surface area contributed by atoms with Crippen LogP contribution in [0.25, 0.3) is 0 Å². The second kappa shape index (κ2) is 6.32. The summed E-state index contributed by atoms with van der Waals surface area (Å²) in [5, 5.41) is 4.96. The number of hydrogen-bond donors (Lipinski definition) is 4. The smallest absolute Gasteiger partial charge is 0.215 e. The van der Waals surface area contributed by atoms with Gasteiger partial charge >= 0.3 is 0 Å². The predicted molar refractivity (Wildman–Crippen MR) is 98.9 cm³/mol. The quantitative estimate of drug-likeness (QED) is 0.619. The van der Waals surface area contributed by atoms with Crippen LogP contribution in [0.4, 0.5) is 11.5 Å². The van der Waals surface area contributed by atoms with Crippen LogP contribution in [0.3, 0.4) is 0 Å². The molecule has 0 spiro atoms. The molecule has 6 N–H and O–H groups in total. The number of hydrazine groups is 1. The van der Waals surface area contributed by atoms with Crippen LogP contribution in [0.5, 0.6) is 0 Å². The molecule has 4 rings (SSSR count). The van der Waals surface area contributed by atoms with Gasteiger partial charge < -0.3 is 16.0 Å². The summed E-state index contributed by atoms with van der Waals surface area (Å²) in [6, 6.07) is 13.7. The highest BCUT2D eigenvalue weighted by Crippen LogP contribution is 2.26. The van der Waals surface area contributed by atoms with Crippen LogP contribution in [0.15, 0.2) is 53.7 Å². The van der Waals surface area contributed by atoms with Crippen molar-refractivity contribution in [2.24, 2.45) is 16.5 Å². The van der Waals surface area contributed by atoms with E-state index < -0.39 is 5.79 Å². The van der Waals surface area contributed by atoms with Gasteiger partial charge in [0.2, 0.25) is 11.7 Å². The van der Waals surface area contributed by atoms with Gasteiger partial charge in [-0.1, -0.05) is 18.2 Å². The fourth-order valence-electron chi connectivity index (χ4n) is 3.12. The number of hydrogen-bond acceptors (Lipinski definition) is 8. The minimum Gasteiger partial charge on any atom is -0.369 e. The second-order valence-electron chi connectivity index (χ2n) is 6.16. The zero-order chi connectivity index (χ0) is 17.3. The topological polar surface area (TPSA) is 108 Å². The fraction of sp³-hybridized carbons (Fsp3) is 0.294. The van der Waals surface area contributed by atoms with Crippen molar-refractivity contribution in [2.75, 3.05) is 36.1 Å². The van der Waals surface area contributed by atoms with Gasteiger partial charge in [0.1, 0.15) is 5.82 Å². The van der Waals surface area contributed by atoms with E-state index in [0.29, 0.717) is 5.82 Å². The molecule has 0 amide bonds. The van der Waals surface area contributed by atoms with Crippen molar-refractivity contribution in [1.82, 2.24) is 15.7 Å². The van der Waals surface area contributed by atoms with Gasteiger partial charge in [-0.25, -0.2) is 15.0 Å². The Labute approximate surface area is 146 Å². The third-order valence-electron chi connectivity index (χ3n) is 4.47. The van der Waals surface area contributed by atoms with Gasteiger partial charge in [-0.05, 0) is 24.3 Å². The Morgan fingerprint density at radius 1 is 1.04 bits per heavy atom. The summed E-state index contributed by atoms with van der Waals surface area (Å²) in [6.07, 6.45) is 1.70. The zero-order valence-corrected chi connectivity index (χ0v) is 13.9. The molecule has 0 aliphatic carbocycles. The summed E-state index contributed by atoms with van der Waals surface area (Å²) >= 11 is 0. The molecule has 2 aliphatic rings. The molecule has 1 aromatic carbocycles. The molecule has 1 atom stereocenters. The van der Waals surface area contributed by atoms with E-state index in [0.717, 1.165) is 31.7 Å². The largest absolute Gasteiger partial charge is 0.369 e. The van der Waals surface area contributed by atoms with Crippen LogP contribution in [0.2, 0.25) is 0 Å². The second-order valence-corrected chi connectivity index (χ2v) is 6.16. The van der Waals surface area contributed by atoms with Gasteiger partial charge in [-0.2, -0.15) is 5.43 Å². The van der Waals surface area contributed by atoms with Crippen molar-refractivity contribution in [3.05, 3.63) is 54.2 Å². The van der Waals surface area contributed by atoms with E-state index in [1.165, 1.54) is 5.69 Å². The van der Waals surface area contributed by atoms with Crippen molar-refractivity contribution in [1.29, 1.82) is 0 Å². The van der Waals surface area contributed by atoms with Crippen LogP contribution in [-0.2, 0) is 5.79 Å². The summed E-state index contributed by atoms with van der Waals surface area (Å²) < 4.78 is 0. The van der Waals surface area contributed by atoms with E-state index >= 15 is 0 Å². The average Bonchev–Trinajstić information content (AvgIpc) is 2.99. The third-order valence-corrected chi connectivity index (χ3v) is 4.47. The molecule has 130 valence electrons. The lowest BCUT2D eigenvalue weighted by atomic mass is 10.1. The van der Waals surface area contributed by atoms with Crippen molar-refractivity contribution in [3.63, 3.8) is 0 Å². The number of nitrogens with two attached hydrogens (primary N) is 2. The minimum absolute atomic E-state index is 0.285. The minimum atomic E-state index is -1.11. The molecule has 1 aromatic heterocycles. The highest BCUT2D eigenvalue weighted by Gasteiger charge is 2.37. The van der Waals surface area contributed by atoms with Gasteiger partial charge in [-0.15, -0.1) is 0 Å². The van der Waals surface area contributed by atoms with Crippen LogP contribution in [0, 0.1) is 0 Å². The van der Waals surface area contributed by atoms with Gasteiger partial charge in [0.25, 0.3) is 0 Å². The van der Waals surface area contributed by atoms with E-state index in [9.17, 15) is 0 Å². The van der Waals surface area contributed by atoms with E-state index in [2.05, 4.69) is 37.8 Å². The number of rotatable bonds is 3. The van der Waals surface area contributed by atoms with E-state index in [1.807, 2.05) is 30.3 Å². The molecule has 0 saturated carbocycles. The molecule has 0 radical (unpaired) electrons. The van der Waals surface area contributed by atoms with E-state index in [1.54, 1.807) is 11.2 Å². The first kappa shape index (κ1) is 15.8. The van der Waals surface area contributed by atoms with Crippen LogP contribution in [0.1, 0.15) is 5.56 Å². The highest BCUT2D eigenvalue weighted by atomic mass is 15.7. The SMILES string of the molecule is NC1=NC(N)(c2ccc(N3CCNCC3)cc2)NN1c1ccccn1. The molecule has 1 unspecified atom stereocenters. The first-order valence-corrected chi connectivity index (χ1v) is 8.35. The molecule has 3 heterocycles. The normalized spacial score (nSPS) is 23.6. The Morgan fingerprint density at radius 2 is 1.80 bits per heavy atom. The predicted octanol–water partition coefficient (Wildman–Crippen LogP) is -0.100. The number of aliphatic imine (C=N–C) groups is 1. The van der Waals surface area contributed by atoms with Gasteiger partial charge in [0.15, 0.2) is 0 Å². The lowest BCUT2D eigenvalue weighted by Crippen LogP contribution is -2.53. The summed E-state index contributed by atoms with van der Waals surface area (Å²) in [4.78, 5) is 11.0. The number of benzene rings is 1. The van der Waals surface area contributed by atoms with Crippen molar-refractivity contribution in [2.45, 2.75) is 5.79 Å². The third kappa shape index (κ3) is 3.02. The van der Waals surface area contributed by atoms with Gasteiger partial charge in [-0.3, -0.25) is 5.73 Å². The molecule has 0 bridgehead atoms. The van der Waals surface area contributed by atoms with Crippen LogP contribution in [-0.4, -0.2) is 37.1 Å². The summed E-state index contributed by atoms with van der Waals surface area (Å²) in [7, 11) is 0. The molecule has 1 fully saturated rings. The molecular formula is C17H22N8. The van der Waals surface area contributed by atoms with Crippen molar-refractivity contribution in [3.8, 4) is 0 Å². The van der Waals surface area contributed by atoms with Crippen molar-refractivity contribution < 1.29 is 0 Å². The number of piperazine rings is 1. The maximum absolute atomic E-state index is 6.46. The fourth-order valence-corrected chi connectivity index (χ4v) is 3.12. The number of nitrogens with one attached hydrogen (secondary N) is 2. The van der Waals surface area contributed by atoms with Gasteiger partial charge in [0, 0.05) is 43.6 Å². The summed E-state index contributed by atoms with van der Waals surface area (Å²) in [6.45, 7) is 4.02. The molecule has 8 heteroatoms. The molecule has 8 nitrogen and oxygen atoms in total. The maximum atomic E-state index is 6.46. The Balaban J connectivity index is 1.55. The molecule has 2 aromatic rings. The first-order chi connectivity index (χ1) is 12.2. The first-order valence-electron chi connectivity index (χ1n) is 8.35. The number of pyridine rings is 1. The molecule has 2 aliphatic heterocycles. The zero-order valence-electron chi connectivity index (χ0n) is 13.9. The maximum Gasteiger partial charge on any atom is 0.215 e. The van der Waals surface area contributed by atoms with Gasteiger partial charge in [0.05, 0.1) is 0 Å². The van der Waals surface area contributed by atoms with E-state index in [-0.39, 0.29) is 5.96 Å². The summed E-state index contributed by atoms with van der Waals surface area (Å²) in [5.41, 5.74) is 17.7. The van der Waals surface area contributed by atoms with E-state index in [4.69, 9.17) is 11.5 Å². The highest BCUT2D eigenvalue weighted by molar-refractivity contribution is 5.95. The number of anilines is 2. The standard InChI is InChI=1S/C17H22N8/c18-16-22-17(19,23-25(16)15-3-1-2-8-21-15)13-4-6-14(7-5-13)24-11-9-20-10-12-24/h1-8,20,23H,9-12,19H2,(H2,18,22). The van der Waals surface area contributed by atoms with Crippen LogP contribution >= 0.6 is 0 Å². The number of aromatic nitrogens is 1. The Morgan fingerprint density at radius 3 is 2.48 bits per heavy atom. The molecule has 1 saturated heterocycles. The average molecular weight is 338 g/mol. The van der Waals surface area contributed by atoms with Crippen LogP contribution < -0.4 is 32.1 Å². The Kier molecular flexibility index (Phi) is 4.00. The number of guanidine groups is 1. The summed E-state index contributed by atoms with van der Waals surface area (Å²) in [5.74, 6) is -0.176.